The highest BCUT2D eigenvalue weighted by Gasteiger charge is 2.11. The summed E-state index contributed by atoms with van der Waals surface area (Å²) in [4.78, 5) is 22.5. The molecule has 0 N–H and O–H groups in total. The number of hydrogen-bond acceptors (Lipinski definition) is 3. The van der Waals surface area contributed by atoms with Crippen LogP contribution in [0, 0.1) is 0 Å². The molecule has 0 saturated carbocycles. The summed E-state index contributed by atoms with van der Waals surface area (Å²) in [6, 6.07) is 5.15. The van der Waals surface area contributed by atoms with Crippen molar-refractivity contribution in [1.29, 1.82) is 0 Å². The average molecular weight is 350 g/mol. The molecule has 0 saturated heterocycles. The molecule has 0 aliphatic carbocycles. The fraction of sp³-hybridized carbons (Fsp3) is 0.273. The van der Waals surface area contributed by atoms with Crippen molar-refractivity contribution in [3.8, 4) is 0 Å². The number of hydrogen-bond donors (Lipinski definition) is 0. The van der Waals surface area contributed by atoms with E-state index in [0.29, 0.717) is 21.8 Å². The Morgan fingerprint density at radius 1 is 1.38 bits per heavy atom. The summed E-state index contributed by atoms with van der Waals surface area (Å²) < 4.78 is 5.25. The number of ketones is 1. The smallest absolute Gasteiger partial charge is 0.338 e. The molecule has 0 amide bonds. The molecule has 0 radical (unpaired) electrons. The Morgan fingerprint density at radius 3 is 2.56 bits per heavy atom. The summed E-state index contributed by atoms with van der Waals surface area (Å²) in [5.41, 5.74) is 1.32. The van der Waals surface area contributed by atoms with Crippen LogP contribution in [-0.4, -0.2) is 24.2 Å². The SMILES string of the molecule is COC(=O)c1ccc(CC(=O)CBr)cc1Br. The molecule has 0 fully saturated rings. The van der Waals surface area contributed by atoms with Gasteiger partial charge in [0, 0.05) is 10.9 Å². The summed E-state index contributed by atoms with van der Waals surface area (Å²) in [5.74, 6) is -0.303. The van der Waals surface area contributed by atoms with Crippen molar-refractivity contribution in [3.63, 3.8) is 0 Å². The van der Waals surface area contributed by atoms with E-state index in [2.05, 4.69) is 36.6 Å². The minimum Gasteiger partial charge on any atom is -0.465 e. The lowest BCUT2D eigenvalue weighted by Crippen LogP contribution is -2.06. The van der Waals surface area contributed by atoms with E-state index >= 15 is 0 Å². The number of methoxy groups -OCH3 is 1. The molecule has 0 aliphatic heterocycles. The summed E-state index contributed by atoms with van der Waals surface area (Å²) in [6.07, 6.45) is 0.352. The van der Waals surface area contributed by atoms with Gasteiger partial charge < -0.3 is 4.74 Å². The lowest BCUT2D eigenvalue weighted by atomic mass is 10.1. The molecule has 86 valence electrons. The maximum absolute atomic E-state index is 11.3. The molecule has 3 nitrogen and oxygen atoms in total. The molecule has 16 heavy (non-hydrogen) atoms. The van der Waals surface area contributed by atoms with Gasteiger partial charge in [0.25, 0.3) is 0 Å². The second-order valence-corrected chi connectivity index (χ2v) is 4.57. The van der Waals surface area contributed by atoms with E-state index in [1.165, 1.54) is 7.11 Å². The van der Waals surface area contributed by atoms with Crippen LogP contribution in [0.15, 0.2) is 22.7 Å². The second kappa shape index (κ2) is 6.15. The zero-order valence-electron chi connectivity index (χ0n) is 8.63. The minimum absolute atomic E-state index is 0.0951. The number of ether oxygens (including phenoxy) is 1. The van der Waals surface area contributed by atoms with Gasteiger partial charge in [0.1, 0.15) is 5.78 Å². The fourth-order valence-corrected chi connectivity index (χ4v) is 2.01. The number of carbonyl (C=O) groups is 2. The van der Waals surface area contributed by atoms with E-state index in [4.69, 9.17) is 0 Å². The normalized spacial score (nSPS) is 9.94. The van der Waals surface area contributed by atoms with Crippen molar-refractivity contribution in [1.82, 2.24) is 0 Å². The Balaban J connectivity index is 2.91. The van der Waals surface area contributed by atoms with E-state index in [1.54, 1.807) is 18.2 Å². The highest BCUT2D eigenvalue weighted by Crippen LogP contribution is 2.20. The van der Waals surface area contributed by atoms with Gasteiger partial charge in [0.2, 0.25) is 0 Å². The van der Waals surface area contributed by atoms with Gasteiger partial charge in [-0.2, -0.15) is 0 Å². The van der Waals surface area contributed by atoms with Gasteiger partial charge >= 0.3 is 5.97 Å². The van der Waals surface area contributed by atoms with Crippen molar-refractivity contribution < 1.29 is 14.3 Å². The standard InChI is InChI=1S/C11H10Br2O3/c1-16-11(15)9-3-2-7(5-10(9)13)4-8(14)6-12/h2-3,5H,4,6H2,1H3. The van der Waals surface area contributed by atoms with Gasteiger partial charge in [-0.25, -0.2) is 4.79 Å². The molecule has 0 heterocycles. The molecule has 0 aromatic heterocycles. The van der Waals surface area contributed by atoms with E-state index < -0.39 is 5.97 Å². The number of halogens is 2. The van der Waals surface area contributed by atoms with Gasteiger partial charge in [0.15, 0.2) is 0 Å². The van der Waals surface area contributed by atoms with Crippen LogP contribution in [0.2, 0.25) is 0 Å². The van der Waals surface area contributed by atoms with Crippen molar-refractivity contribution in [2.75, 3.05) is 12.4 Å². The Hall–Kier alpha value is -0.680. The molecule has 0 atom stereocenters. The minimum atomic E-state index is -0.398. The predicted molar refractivity (Wildman–Crippen MR) is 68.0 cm³/mol. The number of benzene rings is 1. The Morgan fingerprint density at radius 2 is 2.06 bits per heavy atom. The van der Waals surface area contributed by atoms with E-state index in [9.17, 15) is 9.59 Å². The van der Waals surface area contributed by atoms with Crippen LogP contribution in [0.25, 0.3) is 0 Å². The van der Waals surface area contributed by atoms with Crippen LogP contribution in [0.5, 0.6) is 0 Å². The van der Waals surface area contributed by atoms with Crippen molar-refractivity contribution in [2.24, 2.45) is 0 Å². The van der Waals surface area contributed by atoms with Gasteiger partial charge in [0.05, 0.1) is 18.0 Å². The highest BCUT2D eigenvalue weighted by atomic mass is 79.9. The van der Waals surface area contributed by atoms with Gasteiger partial charge in [-0.05, 0) is 33.6 Å². The Kier molecular flexibility index (Phi) is 5.15. The molecular weight excluding hydrogens is 340 g/mol. The number of alkyl halides is 1. The van der Waals surface area contributed by atoms with Gasteiger partial charge in [-0.15, -0.1) is 0 Å². The number of esters is 1. The van der Waals surface area contributed by atoms with Crippen LogP contribution in [0.4, 0.5) is 0 Å². The Labute approximate surface area is 110 Å². The number of carbonyl (C=O) groups excluding carboxylic acids is 2. The first-order valence-electron chi connectivity index (χ1n) is 4.53. The third kappa shape index (κ3) is 3.42. The fourth-order valence-electron chi connectivity index (χ4n) is 1.22. The van der Waals surface area contributed by atoms with Gasteiger partial charge in [-0.1, -0.05) is 22.0 Å². The largest absolute Gasteiger partial charge is 0.465 e. The topological polar surface area (TPSA) is 43.4 Å². The summed E-state index contributed by atoms with van der Waals surface area (Å²) >= 11 is 6.38. The molecule has 5 heteroatoms. The Bertz CT molecular complexity index is 416. The highest BCUT2D eigenvalue weighted by molar-refractivity contribution is 9.10. The molecule has 1 aromatic rings. The molecule has 0 spiro atoms. The molecule has 0 unspecified atom stereocenters. The maximum Gasteiger partial charge on any atom is 0.338 e. The predicted octanol–water partition coefficient (Wildman–Crippen LogP) is 2.74. The van der Waals surface area contributed by atoms with Crippen LogP contribution in [-0.2, 0) is 16.0 Å². The van der Waals surface area contributed by atoms with Crippen molar-refractivity contribution >= 4 is 43.6 Å². The molecule has 1 rings (SSSR count). The van der Waals surface area contributed by atoms with E-state index in [1.807, 2.05) is 0 Å². The van der Waals surface area contributed by atoms with Crippen LogP contribution >= 0.6 is 31.9 Å². The van der Waals surface area contributed by atoms with Crippen molar-refractivity contribution in [3.05, 3.63) is 33.8 Å². The first-order chi connectivity index (χ1) is 7.58. The summed E-state index contributed by atoms with van der Waals surface area (Å²) in [5, 5.41) is 0.337. The van der Waals surface area contributed by atoms with Crippen LogP contribution < -0.4 is 0 Å². The average Bonchev–Trinajstić information content (AvgIpc) is 2.28. The lowest BCUT2D eigenvalue weighted by molar-refractivity contribution is -0.115. The van der Waals surface area contributed by atoms with E-state index in [-0.39, 0.29) is 5.78 Å². The quantitative estimate of drug-likeness (QED) is 0.620. The number of Topliss-reactive ketones (excluding diaryl/α,β-unsaturated/α-hetero) is 1. The van der Waals surface area contributed by atoms with Gasteiger partial charge in [-0.3, -0.25) is 4.79 Å². The lowest BCUT2D eigenvalue weighted by Gasteiger charge is -2.04. The zero-order valence-corrected chi connectivity index (χ0v) is 11.8. The maximum atomic E-state index is 11.3. The molecule has 1 aromatic carbocycles. The van der Waals surface area contributed by atoms with Crippen molar-refractivity contribution in [2.45, 2.75) is 6.42 Å². The first kappa shape index (κ1) is 13.4. The molecule has 0 aliphatic rings. The summed E-state index contributed by atoms with van der Waals surface area (Å²) in [6.45, 7) is 0. The molecular formula is C11H10Br2O3. The van der Waals surface area contributed by atoms with E-state index in [0.717, 1.165) is 5.56 Å². The second-order valence-electron chi connectivity index (χ2n) is 3.15. The molecule has 0 bridgehead atoms. The zero-order chi connectivity index (χ0) is 12.1. The third-order valence-electron chi connectivity index (χ3n) is 1.99. The number of rotatable bonds is 4. The monoisotopic (exact) mass is 348 g/mol. The van der Waals surface area contributed by atoms with Crippen LogP contribution in [0.3, 0.4) is 0 Å². The third-order valence-corrected chi connectivity index (χ3v) is 3.27. The first-order valence-corrected chi connectivity index (χ1v) is 6.44. The van der Waals surface area contributed by atoms with Crippen LogP contribution in [0.1, 0.15) is 15.9 Å². The summed E-state index contributed by atoms with van der Waals surface area (Å²) in [7, 11) is 1.33.